The first-order valence-electron chi connectivity index (χ1n) is 8.71. The predicted octanol–water partition coefficient (Wildman–Crippen LogP) is 2.67. The molecule has 3 aromatic rings. The maximum absolute atomic E-state index is 12.9. The number of hydrogen-bond acceptors (Lipinski definition) is 5. The highest BCUT2D eigenvalue weighted by molar-refractivity contribution is 6.02. The van der Waals surface area contributed by atoms with Crippen LogP contribution < -0.4 is 11.0 Å². The molecule has 0 aliphatic heterocycles. The Hall–Kier alpha value is -3.48. The number of carbonyl (C=O) groups is 1. The van der Waals surface area contributed by atoms with Crippen molar-refractivity contribution in [1.29, 1.82) is 0 Å². The Labute approximate surface area is 156 Å². The number of aromatic hydroxyl groups is 1. The fourth-order valence-corrected chi connectivity index (χ4v) is 2.80. The van der Waals surface area contributed by atoms with Crippen LogP contribution in [-0.2, 0) is 6.54 Å². The van der Waals surface area contributed by atoms with Crippen molar-refractivity contribution in [3.05, 3.63) is 70.3 Å². The standard InChI is InChI=1S/C20H20N4O3/c1-2-3-12-24-16-7-5-4-6-15(16)18(25)17(20(24)27)19(26)23-22-13-14-8-10-21-11-9-14/h4-11,13,25H,2-3,12H2,1H3,(H,23,26)/b22-13+. The number of unbranched alkanes of at least 4 members (excludes halogenated alkanes) is 1. The van der Waals surface area contributed by atoms with Gasteiger partial charge in [-0.3, -0.25) is 14.6 Å². The number of para-hydroxylation sites is 1. The molecule has 0 fully saturated rings. The Morgan fingerprint density at radius 3 is 2.74 bits per heavy atom. The Bertz CT molecular complexity index is 1040. The quantitative estimate of drug-likeness (QED) is 0.519. The molecule has 0 saturated carbocycles. The van der Waals surface area contributed by atoms with Gasteiger partial charge in [0, 0.05) is 24.3 Å². The molecule has 1 amide bonds. The van der Waals surface area contributed by atoms with Crippen molar-refractivity contribution < 1.29 is 9.90 Å². The average Bonchev–Trinajstić information content (AvgIpc) is 2.69. The molecule has 0 radical (unpaired) electrons. The van der Waals surface area contributed by atoms with Gasteiger partial charge in [-0.1, -0.05) is 25.5 Å². The SMILES string of the molecule is CCCCn1c(=O)c(C(=O)N/N=C/c2ccncc2)c(O)c2ccccc21. The average molecular weight is 364 g/mol. The number of hydrazone groups is 1. The van der Waals surface area contributed by atoms with Gasteiger partial charge in [0.05, 0.1) is 11.7 Å². The second-order valence-electron chi connectivity index (χ2n) is 6.03. The largest absolute Gasteiger partial charge is 0.506 e. The first kappa shape index (κ1) is 18.3. The minimum atomic E-state index is -0.751. The van der Waals surface area contributed by atoms with E-state index in [1.807, 2.05) is 6.92 Å². The molecule has 3 rings (SSSR count). The summed E-state index contributed by atoms with van der Waals surface area (Å²) in [5.41, 5.74) is 2.82. The number of fused-ring (bicyclic) bond motifs is 1. The van der Waals surface area contributed by atoms with Gasteiger partial charge in [0.15, 0.2) is 0 Å². The van der Waals surface area contributed by atoms with Crippen molar-refractivity contribution in [2.75, 3.05) is 0 Å². The van der Waals surface area contributed by atoms with Crippen LogP contribution in [0.1, 0.15) is 35.7 Å². The third-order valence-corrected chi connectivity index (χ3v) is 4.19. The monoisotopic (exact) mass is 364 g/mol. The molecule has 0 unspecified atom stereocenters. The summed E-state index contributed by atoms with van der Waals surface area (Å²) in [5, 5.41) is 14.8. The summed E-state index contributed by atoms with van der Waals surface area (Å²) >= 11 is 0. The van der Waals surface area contributed by atoms with Crippen molar-refractivity contribution in [3.63, 3.8) is 0 Å². The molecular formula is C20H20N4O3. The maximum atomic E-state index is 12.9. The fourth-order valence-electron chi connectivity index (χ4n) is 2.80. The number of pyridine rings is 2. The summed E-state index contributed by atoms with van der Waals surface area (Å²) in [4.78, 5) is 29.3. The molecule has 0 spiro atoms. The van der Waals surface area contributed by atoms with Gasteiger partial charge in [-0.2, -0.15) is 5.10 Å². The highest BCUT2D eigenvalue weighted by Crippen LogP contribution is 2.26. The lowest BCUT2D eigenvalue weighted by Crippen LogP contribution is -2.31. The Kier molecular flexibility index (Phi) is 5.61. The second kappa shape index (κ2) is 8.27. The summed E-state index contributed by atoms with van der Waals surface area (Å²) in [7, 11) is 0. The van der Waals surface area contributed by atoms with Crippen molar-refractivity contribution in [2.24, 2.45) is 5.10 Å². The van der Waals surface area contributed by atoms with Crippen molar-refractivity contribution in [2.45, 2.75) is 26.3 Å². The molecule has 7 nitrogen and oxygen atoms in total. The number of nitrogens with one attached hydrogen (secondary N) is 1. The summed E-state index contributed by atoms with van der Waals surface area (Å²) in [5.74, 6) is -1.08. The zero-order valence-electron chi connectivity index (χ0n) is 14.9. The third-order valence-electron chi connectivity index (χ3n) is 4.19. The maximum Gasteiger partial charge on any atom is 0.280 e. The molecule has 2 heterocycles. The Morgan fingerprint density at radius 2 is 2.00 bits per heavy atom. The topological polar surface area (TPSA) is 96.6 Å². The van der Waals surface area contributed by atoms with Crippen molar-refractivity contribution >= 4 is 23.0 Å². The zero-order valence-corrected chi connectivity index (χ0v) is 14.9. The van der Waals surface area contributed by atoms with Crippen LogP contribution in [0.2, 0.25) is 0 Å². The molecule has 0 aliphatic carbocycles. The highest BCUT2D eigenvalue weighted by Gasteiger charge is 2.21. The van der Waals surface area contributed by atoms with E-state index in [0.717, 1.165) is 18.4 Å². The van der Waals surface area contributed by atoms with Gasteiger partial charge in [0.25, 0.3) is 11.5 Å². The number of hydrogen-bond donors (Lipinski definition) is 2. The third kappa shape index (κ3) is 3.87. The minimum absolute atomic E-state index is 0.309. The summed E-state index contributed by atoms with van der Waals surface area (Å²) in [6, 6.07) is 10.4. The zero-order chi connectivity index (χ0) is 19.2. The lowest BCUT2D eigenvalue weighted by molar-refractivity contribution is 0.0950. The van der Waals surface area contributed by atoms with Crippen LogP contribution in [0.5, 0.6) is 5.75 Å². The predicted molar refractivity (Wildman–Crippen MR) is 104 cm³/mol. The van der Waals surface area contributed by atoms with Gasteiger partial charge < -0.3 is 9.67 Å². The van der Waals surface area contributed by atoms with Gasteiger partial charge >= 0.3 is 0 Å². The van der Waals surface area contributed by atoms with Crippen LogP contribution in [0.4, 0.5) is 0 Å². The van der Waals surface area contributed by atoms with E-state index in [1.54, 1.807) is 48.8 Å². The Morgan fingerprint density at radius 1 is 1.26 bits per heavy atom. The van der Waals surface area contributed by atoms with Crippen LogP contribution in [0.3, 0.4) is 0 Å². The summed E-state index contributed by atoms with van der Waals surface area (Å²) in [6.07, 6.45) is 6.33. The van der Waals surface area contributed by atoms with Crippen molar-refractivity contribution in [1.82, 2.24) is 15.0 Å². The van der Waals surface area contributed by atoms with Crippen LogP contribution in [0.15, 0.2) is 58.7 Å². The number of benzene rings is 1. The molecule has 138 valence electrons. The molecule has 0 atom stereocenters. The van der Waals surface area contributed by atoms with Crippen LogP contribution >= 0.6 is 0 Å². The van der Waals surface area contributed by atoms with Crippen molar-refractivity contribution in [3.8, 4) is 5.75 Å². The number of amides is 1. The first-order valence-corrected chi connectivity index (χ1v) is 8.71. The van der Waals surface area contributed by atoms with E-state index in [4.69, 9.17) is 0 Å². The number of aryl methyl sites for hydroxylation is 1. The number of nitrogens with zero attached hydrogens (tertiary/aromatic N) is 3. The first-order chi connectivity index (χ1) is 13.1. The van der Waals surface area contributed by atoms with Gasteiger partial charge in [0.1, 0.15) is 11.3 Å². The van der Waals surface area contributed by atoms with E-state index in [-0.39, 0.29) is 11.3 Å². The minimum Gasteiger partial charge on any atom is -0.506 e. The number of aromatic nitrogens is 2. The van der Waals surface area contributed by atoms with E-state index in [1.165, 1.54) is 10.8 Å². The molecular weight excluding hydrogens is 344 g/mol. The molecule has 2 N–H and O–H groups in total. The molecule has 0 aliphatic rings. The lowest BCUT2D eigenvalue weighted by atomic mass is 10.1. The van der Waals surface area contributed by atoms with E-state index < -0.39 is 11.5 Å². The molecule has 27 heavy (non-hydrogen) atoms. The highest BCUT2D eigenvalue weighted by atomic mass is 16.3. The van der Waals surface area contributed by atoms with E-state index in [9.17, 15) is 14.7 Å². The van der Waals surface area contributed by atoms with Gasteiger partial charge in [-0.15, -0.1) is 0 Å². The molecule has 1 aromatic carbocycles. The van der Waals surface area contributed by atoms with Gasteiger partial charge in [-0.25, -0.2) is 5.43 Å². The fraction of sp³-hybridized carbons (Fsp3) is 0.200. The molecule has 0 saturated heterocycles. The smallest absolute Gasteiger partial charge is 0.280 e. The summed E-state index contributed by atoms with van der Waals surface area (Å²) in [6.45, 7) is 2.49. The van der Waals surface area contributed by atoms with Crippen LogP contribution in [0, 0.1) is 0 Å². The normalized spacial score (nSPS) is 11.1. The molecule has 2 aromatic heterocycles. The second-order valence-corrected chi connectivity index (χ2v) is 6.03. The number of rotatable bonds is 6. The van der Waals surface area contributed by atoms with Gasteiger partial charge in [0.2, 0.25) is 0 Å². The van der Waals surface area contributed by atoms with E-state index in [0.29, 0.717) is 17.4 Å². The van der Waals surface area contributed by atoms with E-state index >= 15 is 0 Å². The van der Waals surface area contributed by atoms with E-state index in [2.05, 4.69) is 15.5 Å². The molecule has 7 heteroatoms. The summed E-state index contributed by atoms with van der Waals surface area (Å²) < 4.78 is 1.53. The molecule has 0 bridgehead atoms. The van der Waals surface area contributed by atoms with Gasteiger partial charge in [-0.05, 0) is 36.2 Å². The van der Waals surface area contributed by atoms with Crippen LogP contribution in [0.25, 0.3) is 10.9 Å². The number of carbonyl (C=O) groups excluding carboxylic acids is 1. The lowest BCUT2D eigenvalue weighted by Gasteiger charge is -2.14. The van der Waals surface area contributed by atoms with Crippen LogP contribution in [-0.4, -0.2) is 26.8 Å². The Balaban J connectivity index is 1.99.